The predicted molar refractivity (Wildman–Crippen MR) is 70.5 cm³/mol. The van der Waals surface area contributed by atoms with Gasteiger partial charge in [-0.3, -0.25) is 4.99 Å². The number of halogens is 2. The van der Waals surface area contributed by atoms with E-state index in [4.69, 9.17) is 11.6 Å². The minimum atomic E-state index is 0.273. The van der Waals surface area contributed by atoms with E-state index in [1.165, 1.54) is 0 Å². The van der Waals surface area contributed by atoms with Crippen LogP contribution in [0.4, 0.5) is 0 Å². The summed E-state index contributed by atoms with van der Waals surface area (Å²) in [6.45, 7) is 0.569. The van der Waals surface area contributed by atoms with Crippen molar-refractivity contribution in [1.82, 2.24) is 9.97 Å². The van der Waals surface area contributed by atoms with E-state index >= 15 is 0 Å². The summed E-state index contributed by atoms with van der Waals surface area (Å²) in [6.07, 6.45) is 1.73. The molecule has 17 heavy (non-hydrogen) atoms. The Labute approximate surface area is 112 Å². The highest BCUT2D eigenvalue weighted by Gasteiger charge is 2.19. The Kier molecular flexibility index (Phi) is 2.68. The van der Waals surface area contributed by atoms with Crippen LogP contribution in [0.2, 0.25) is 5.28 Å². The summed E-state index contributed by atoms with van der Waals surface area (Å²) < 4.78 is 1.03. The molecule has 0 spiro atoms. The molecule has 3 nitrogen and oxygen atoms in total. The van der Waals surface area contributed by atoms with Crippen LogP contribution in [0.1, 0.15) is 16.8 Å². The van der Waals surface area contributed by atoms with E-state index in [2.05, 4.69) is 30.9 Å². The summed E-state index contributed by atoms with van der Waals surface area (Å²) in [5.41, 5.74) is 3.84. The van der Waals surface area contributed by atoms with Gasteiger partial charge >= 0.3 is 0 Å². The van der Waals surface area contributed by atoms with Crippen molar-refractivity contribution in [2.75, 3.05) is 0 Å². The Balaban J connectivity index is 2.09. The molecular weight excluding hydrogens is 302 g/mol. The number of aromatic nitrogens is 2. The van der Waals surface area contributed by atoms with Crippen LogP contribution in [0.15, 0.2) is 39.9 Å². The third-order valence-electron chi connectivity index (χ3n) is 2.58. The van der Waals surface area contributed by atoms with E-state index in [1.54, 1.807) is 6.20 Å². The summed E-state index contributed by atoms with van der Waals surface area (Å²) in [5, 5.41) is 0.273. The average molecular weight is 309 g/mol. The number of fused-ring (bicyclic) bond motifs is 1. The lowest BCUT2D eigenvalue weighted by Crippen LogP contribution is -2.03. The molecule has 0 aliphatic carbocycles. The van der Waals surface area contributed by atoms with Crippen molar-refractivity contribution < 1.29 is 0 Å². The van der Waals surface area contributed by atoms with Crippen LogP contribution in [0.5, 0.6) is 0 Å². The first kappa shape index (κ1) is 10.9. The van der Waals surface area contributed by atoms with Gasteiger partial charge in [-0.1, -0.05) is 28.1 Å². The maximum Gasteiger partial charge on any atom is 0.222 e. The Morgan fingerprint density at radius 1 is 1.29 bits per heavy atom. The van der Waals surface area contributed by atoms with Crippen molar-refractivity contribution in [3.63, 3.8) is 0 Å². The van der Waals surface area contributed by atoms with Gasteiger partial charge in [0.05, 0.1) is 18.0 Å². The topological polar surface area (TPSA) is 38.1 Å². The van der Waals surface area contributed by atoms with Gasteiger partial charge in [0.1, 0.15) is 0 Å². The van der Waals surface area contributed by atoms with Crippen LogP contribution in [0, 0.1) is 0 Å². The van der Waals surface area contributed by atoms with Crippen molar-refractivity contribution in [3.8, 4) is 0 Å². The molecule has 0 saturated heterocycles. The molecule has 2 heterocycles. The molecule has 0 atom stereocenters. The standard InChI is InChI=1S/C12H7BrClN3/c13-8-3-1-2-7(4-8)11-9-5-16-12(14)17-10(9)6-15-11/h1-5H,6H2. The highest BCUT2D eigenvalue weighted by Crippen LogP contribution is 2.23. The van der Waals surface area contributed by atoms with Gasteiger partial charge in [-0.25, -0.2) is 9.97 Å². The van der Waals surface area contributed by atoms with E-state index < -0.39 is 0 Å². The van der Waals surface area contributed by atoms with Crippen LogP contribution in [0.25, 0.3) is 0 Å². The Morgan fingerprint density at radius 2 is 2.18 bits per heavy atom. The molecule has 0 amide bonds. The van der Waals surface area contributed by atoms with Gasteiger partial charge in [-0.2, -0.15) is 0 Å². The van der Waals surface area contributed by atoms with E-state index in [0.29, 0.717) is 6.54 Å². The molecule has 1 aliphatic rings. The van der Waals surface area contributed by atoms with E-state index in [1.807, 2.05) is 24.3 Å². The van der Waals surface area contributed by atoms with Gasteiger partial charge in [0.2, 0.25) is 5.28 Å². The van der Waals surface area contributed by atoms with Gasteiger partial charge in [0.15, 0.2) is 0 Å². The third kappa shape index (κ3) is 1.98. The maximum atomic E-state index is 5.76. The highest BCUT2D eigenvalue weighted by molar-refractivity contribution is 9.10. The summed E-state index contributed by atoms with van der Waals surface area (Å²) >= 11 is 9.22. The molecule has 2 aromatic rings. The Hall–Kier alpha value is -1.26. The zero-order valence-corrected chi connectivity index (χ0v) is 11.0. The summed E-state index contributed by atoms with van der Waals surface area (Å²) in [4.78, 5) is 12.7. The van der Waals surface area contributed by atoms with Crippen molar-refractivity contribution in [3.05, 3.63) is 57.0 Å². The number of hydrogen-bond donors (Lipinski definition) is 0. The van der Waals surface area contributed by atoms with Crippen LogP contribution < -0.4 is 0 Å². The number of hydrogen-bond acceptors (Lipinski definition) is 3. The van der Waals surface area contributed by atoms with Gasteiger partial charge in [0, 0.05) is 21.8 Å². The minimum Gasteiger partial charge on any atom is -0.278 e. The van der Waals surface area contributed by atoms with Gasteiger partial charge < -0.3 is 0 Å². The van der Waals surface area contributed by atoms with Gasteiger partial charge in [-0.15, -0.1) is 0 Å². The normalized spacial score (nSPS) is 13.4. The Bertz CT molecular complexity index is 625. The molecule has 0 radical (unpaired) electrons. The largest absolute Gasteiger partial charge is 0.278 e. The lowest BCUT2D eigenvalue weighted by Gasteiger charge is -2.03. The van der Waals surface area contributed by atoms with Crippen LogP contribution in [-0.4, -0.2) is 15.7 Å². The molecule has 0 unspecified atom stereocenters. The predicted octanol–water partition coefficient (Wildman–Crippen LogP) is 3.24. The van der Waals surface area contributed by atoms with Crippen molar-refractivity contribution in [1.29, 1.82) is 0 Å². The van der Waals surface area contributed by atoms with Gasteiger partial charge in [-0.05, 0) is 23.7 Å². The maximum absolute atomic E-state index is 5.76. The zero-order chi connectivity index (χ0) is 11.8. The molecule has 0 fully saturated rings. The number of benzene rings is 1. The number of rotatable bonds is 1. The van der Waals surface area contributed by atoms with Gasteiger partial charge in [0.25, 0.3) is 0 Å². The fourth-order valence-corrected chi connectivity index (χ4v) is 2.38. The molecule has 3 rings (SSSR count). The second-order valence-corrected chi connectivity index (χ2v) is 4.93. The monoisotopic (exact) mass is 307 g/mol. The van der Waals surface area contributed by atoms with E-state index in [9.17, 15) is 0 Å². The molecule has 0 bridgehead atoms. The molecule has 0 N–H and O–H groups in total. The van der Waals surface area contributed by atoms with Crippen molar-refractivity contribution >= 4 is 33.2 Å². The second kappa shape index (κ2) is 4.20. The number of nitrogens with zero attached hydrogens (tertiary/aromatic N) is 3. The first-order chi connectivity index (χ1) is 8.24. The second-order valence-electron chi connectivity index (χ2n) is 3.67. The molecule has 5 heteroatoms. The third-order valence-corrected chi connectivity index (χ3v) is 3.25. The number of aliphatic imine (C=N–C) groups is 1. The lowest BCUT2D eigenvalue weighted by molar-refractivity contribution is 0.993. The summed E-state index contributed by atoms with van der Waals surface area (Å²) in [5.74, 6) is 0. The van der Waals surface area contributed by atoms with Crippen LogP contribution in [0.3, 0.4) is 0 Å². The minimum absolute atomic E-state index is 0.273. The summed E-state index contributed by atoms with van der Waals surface area (Å²) in [6, 6.07) is 8.02. The van der Waals surface area contributed by atoms with Crippen molar-refractivity contribution in [2.24, 2.45) is 4.99 Å². The molecule has 1 aromatic heterocycles. The SMILES string of the molecule is Clc1ncc2c(n1)CN=C2c1cccc(Br)c1. The molecule has 0 saturated carbocycles. The smallest absolute Gasteiger partial charge is 0.222 e. The average Bonchev–Trinajstić information content (AvgIpc) is 2.71. The van der Waals surface area contributed by atoms with Crippen LogP contribution >= 0.6 is 27.5 Å². The molecule has 1 aliphatic heterocycles. The zero-order valence-electron chi connectivity index (χ0n) is 8.69. The highest BCUT2D eigenvalue weighted by atomic mass is 79.9. The van der Waals surface area contributed by atoms with E-state index in [-0.39, 0.29) is 5.28 Å². The van der Waals surface area contributed by atoms with Crippen LogP contribution in [-0.2, 0) is 6.54 Å². The van der Waals surface area contributed by atoms with E-state index in [0.717, 1.165) is 27.0 Å². The molecular formula is C12H7BrClN3. The van der Waals surface area contributed by atoms with Crippen molar-refractivity contribution in [2.45, 2.75) is 6.54 Å². The Morgan fingerprint density at radius 3 is 3.00 bits per heavy atom. The fourth-order valence-electron chi connectivity index (χ4n) is 1.83. The molecule has 84 valence electrons. The molecule has 1 aromatic carbocycles. The summed E-state index contributed by atoms with van der Waals surface area (Å²) in [7, 11) is 0. The first-order valence-corrected chi connectivity index (χ1v) is 6.23. The lowest BCUT2D eigenvalue weighted by atomic mass is 10.0. The fraction of sp³-hybridized carbons (Fsp3) is 0.0833. The quantitative estimate of drug-likeness (QED) is 0.759. The first-order valence-electron chi connectivity index (χ1n) is 5.06.